The van der Waals surface area contributed by atoms with Gasteiger partial charge in [0.1, 0.15) is 9.84 Å². The molecule has 0 aliphatic carbocycles. The van der Waals surface area contributed by atoms with Crippen molar-refractivity contribution in [3.05, 3.63) is 59.1 Å². The van der Waals surface area contributed by atoms with Crippen molar-refractivity contribution in [2.45, 2.75) is 25.3 Å². The van der Waals surface area contributed by atoms with Gasteiger partial charge in [0, 0.05) is 18.8 Å². The Morgan fingerprint density at radius 2 is 1.85 bits per heavy atom. The molecule has 1 atom stereocenters. The van der Waals surface area contributed by atoms with E-state index >= 15 is 0 Å². The second-order valence-corrected chi connectivity index (χ2v) is 9.39. The Hall–Kier alpha value is -1.85. The summed E-state index contributed by atoms with van der Waals surface area (Å²) in [5, 5.41) is 0.387. The molecule has 1 unspecified atom stereocenters. The fourth-order valence-corrected chi connectivity index (χ4v) is 4.69. The molecule has 1 saturated heterocycles. The molecule has 1 aliphatic rings. The van der Waals surface area contributed by atoms with Gasteiger partial charge < -0.3 is 4.90 Å². The van der Waals surface area contributed by atoms with Gasteiger partial charge in [0.25, 0.3) is 5.91 Å². The van der Waals surface area contributed by atoms with Crippen molar-refractivity contribution in [2.24, 2.45) is 0 Å². The molecule has 0 spiro atoms. The van der Waals surface area contributed by atoms with Crippen molar-refractivity contribution in [2.75, 3.05) is 18.6 Å². The molecule has 0 bridgehead atoms. The van der Waals surface area contributed by atoms with E-state index in [4.69, 9.17) is 11.6 Å². The highest BCUT2D eigenvalue weighted by Crippen LogP contribution is 2.28. The van der Waals surface area contributed by atoms with Crippen molar-refractivity contribution in [3.8, 4) is 11.1 Å². The van der Waals surface area contributed by atoms with Crippen molar-refractivity contribution < 1.29 is 13.2 Å². The third kappa shape index (κ3) is 4.46. The van der Waals surface area contributed by atoms with Gasteiger partial charge in [0.15, 0.2) is 0 Å². The first-order chi connectivity index (χ1) is 12.3. The number of halogens is 1. The number of hydrogen-bond donors (Lipinski definition) is 0. The lowest BCUT2D eigenvalue weighted by Crippen LogP contribution is -2.47. The number of amides is 1. The van der Waals surface area contributed by atoms with Crippen LogP contribution in [0.2, 0.25) is 5.02 Å². The number of piperidine rings is 1. The maximum absolute atomic E-state index is 13.1. The SMILES string of the molecule is CS(=O)(=O)CC1CCCCN1C(=O)c1cc(-c2ccccc2)ccc1Cl. The molecule has 2 aromatic carbocycles. The first kappa shape index (κ1) is 18.9. The summed E-state index contributed by atoms with van der Waals surface area (Å²) < 4.78 is 23.5. The Kier molecular flexibility index (Phi) is 5.68. The van der Waals surface area contributed by atoms with Gasteiger partial charge in [-0.25, -0.2) is 8.42 Å². The van der Waals surface area contributed by atoms with E-state index in [9.17, 15) is 13.2 Å². The number of hydrogen-bond acceptors (Lipinski definition) is 3. The molecule has 0 radical (unpaired) electrons. The zero-order valence-corrected chi connectivity index (χ0v) is 16.3. The number of carbonyl (C=O) groups excluding carboxylic acids is 1. The summed E-state index contributed by atoms with van der Waals surface area (Å²) in [5.74, 6) is -0.199. The van der Waals surface area contributed by atoms with Gasteiger partial charge in [0.2, 0.25) is 0 Å². The molecule has 2 aromatic rings. The van der Waals surface area contributed by atoms with Crippen LogP contribution in [0.15, 0.2) is 48.5 Å². The second kappa shape index (κ2) is 7.80. The van der Waals surface area contributed by atoms with Crippen molar-refractivity contribution in [1.82, 2.24) is 4.90 Å². The molecular weight excluding hydrogens is 370 g/mol. The van der Waals surface area contributed by atoms with Crippen molar-refractivity contribution >= 4 is 27.3 Å². The lowest BCUT2D eigenvalue weighted by molar-refractivity contribution is 0.0639. The smallest absolute Gasteiger partial charge is 0.255 e. The molecule has 1 amide bonds. The van der Waals surface area contributed by atoms with Crippen LogP contribution in [0.25, 0.3) is 11.1 Å². The van der Waals surface area contributed by atoms with Gasteiger partial charge in [-0.1, -0.05) is 48.0 Å². The molecule has 1 heterocycles. The standard InChI is InChI=1S/C20H22ClNO3S/c1-26(24,25)14-17-9-5-6-12-22(17)20(23)18-13-16(10-11-19(18)21)15-7-3-2-4-8-15/h2-4,7-8,10-11,13,17H,5-6,9,12,14H2,1H3. The highest BCUT2D eigenvalue weighted by molar-refractivity contribution is 7.90. The highest BCUT2D eigenvalue weighted by atomic mass is 35.5. The Labute approximate surface area is 159 Å². The van der Waals surface area contributed by atoms with E-state index in [0.29, 0.717) is 23.6 Å². The summed E-state index contributed by atoms with van der Waals surface area (Å²) in [7, 11) is -3.16. The van der Waals surface area contributed by atoms with E-state index in [0.717, 1.165) is 24.0 Å². The molecule has 6 heteroatoms. The summed E-state index contributed by atoms with van der Waals surface area (Å²) >= 11 is 6.31. The quantitative estimate of drug-likeness (QED) is 0.790. The van der Waals surface area contributed by atoms with E-state index in [1.807, 2.05) is 36.4 Å². The number of carbonyl (C=O) groups is 1. The van der Waals surface area contributed by atoms with Crippen LogP contribution in [0, 0.1) is 0 Å². The molecular formula is C20H22ClNO3S. The summed E-state index contributed by atoms with van der Waals surface area (Å²) in [5.41, 5.74) is 2.34. The summed E-state index contributed by atoms with van der Waals surface area (Å²) in [6, 6.07) is 14.9. The largest absolute Gasteiger partial charge is 0.335 e. The minimum absolute atomic E-state index is 0.00522. The Morgan fingerprint density at radius 1 is 1.12 bits per heavy atom. The molecule has 26 heavy (non-hydrogen) atoms. The van der Waals surface area contributed by atoms with Gasteiger partial charge in [-0.15, -0.1) is 0 Å². The van der Waals surface area contributed by atoms with Gasteiger partial charge in [-0.2, -0.15) is 0 Å². The average molecular weight is 392 g/mol. The Bertz CT molecular complexity index is 897. The monoisotopic (exact) mass is 391 g/mol. The topological polar surface area (TPSA) is 54.5 Å². The molecule has 138 valence electrons. The minimum Gasteiger partial charge on any atom is -0.335 e. The fourth-order valence-electron chi connectivity index (χ4n) is 3.44. The van der Waals surface area contributed by atoms with Crippen LogP contribution in [-0.2, 0) is 9.84 Å². The second-order valence-electron chi connectivity index (χ2n) is 6.80. The van der Waals surface area contributed by atoms with E-state index < -0.39 is 9.84 Å². The summed E-state index contributed by atoms with van der Waals surface area (Å²) in [6.45, 7) is 0.560. The highest BCUT2D eigenvalue weighted by Gasteiger charge is 2.31. The van der Waals surface area contributed by atoms with Crippen LogP contribution in [-0.4, -0.2) is 43.8 Å². The third-order valence-electron chi connectivity index (χ3n) is 4.69. The zero-order chi connectivity index (χ0) is 18.7. The summed E-state index contributed by atoms with van der Waals surface area (Å²) in [6.07, 6.45) is 3.73. The number of sulfone groups is 1. The Morgan fingerprint density at radius 3 is 2.54 bits per heavy atom. The average Bonchev–Trinajstić information content (AvgIpc) is 2.61. The van der Waals surface area contributed by atoms with E-state index in [1.165, 1.54) is 6.26 Å². The first-order valence-corrected chi connectivity index (χ1v) is 11.1. The van der Waals surface area contributed by atoms with Gasteiger partial charge >= 0.3 is 0 Å². The number of nitrogens with zero attached hydrogens (tertiary/aromatic N) is 1. The predicted molar refractivity (Wildman–Crippen MR) is 105 cm³/mol. The van der Waals surface area contributed by atoms with E-state index in [-0.39, 0.29) is 17.7 Å². The minimum atomic E-state index is -3.16. The molecule has 3 rings (SSSR count). The molecule has 0 saturated carbocycles. The predicted octanol–water partition coefficient (Wildman–Crippen LogP) is 4.05. The van der Waals surface area contributed by atoms with Crippen molar-refractivity contribution in [3.63, 3.8) is 0 Å². The van der Waals surface area contributed by atoms with E-state index in [2.05, 4.69) is 0 Å². The summed E-state index contributed by atoms with van der Waals surface area (Å²) in [4.78, 5) is 14.8. The first-order valence-electron chi connectivity index (χ1n) is 8.69. The zero-order valence-electron chi connectivity index (χ0n) is 14.7. The van der Waals surface area contributed by atoms with Crippen LogP contribution in [0.4, 0.5) is 0 Å². The van der Waals surface area contributed by atoms with Crippen LogP contribution in [0.5, 0.6) is 0 Å². The fraction of sp³-hybridized carbons (Fsp3) is 0.350. The van der Waals surface area contributed by atoms with Crippen LogP contribution in [0.1, 0.15) is 29.6 Å². The lowest BCUT2D eigenvalue weighted by atomic mass is 9.99. The maximum atomic E-state index is 13.1. The van der Waals surface area contributed by atoms with Gasteiger partial charge in [0.05, 0.1) is 16.3 Å². The van der Waals surface area contributed by atoms with Gasteiger partial charge in [-0.3, -0.25) is 4.79 Å². The molecule has 4 nitrogen and oxygen atoms in total. The number of rotatable bonds is 4. The maximum Gasteiger partial charge on any atom is 0.255 e. The van der Waals surface area contributed by atoms with E-state index in [1.54, 1.807) is 17.0 Å². The number of likely N-dealkylation sites (tertiary alicyclic amines) is 1. The number of benzene rings is 2. The molecule has 1 fully saturated rings. The molecule has 0 aromatic heterocycles. The Balaban J connectivity index is 1.93. The van der Waals surface area contributed by atoms with Crippen LogP contribution in [0.3, 0.4) is 0 Å². The molecule has 1 aliphatic heterocycles. The normalized spacial score (nSPS) is 17.9. The third-order valence-corrected chi connectivity index (χ3v) is 6.01. The van der Waals surface area contributed by atoms with Crippen LogP contribution >= 0.6 is 11.6 Å². The lowest BCUT2D eigenvalue weighted by Gasteiger charge is -2.35. The van der Waals surface area contributed by atoms with Gasteiger partial charge in [-0.05, 0) is 42.5 Å². The van der Waals surface area contributed by atoms with Crippen molar-refractivity contribution in [1.29, 1.82) is 0 Å². The molecule has 0 N–H and O–H groups in total. The van der Waals surface area contributed by atoms with Crippen LogP contribution < -0.4 is 0 Å².